The van der Waals surface area contributed by atoms with E-state index in [4.69, 9.17) is 5.11 Å². The van der Waals surface area contributed by atoms with E-state index in [-0.39, 0.29) is 12.3 Å². The summed E-state index contributed by atoms with van der Waals surface area (Å²) in [5, 5.41) is 11.7. The number of benzene rings is 1. The Balaban J connectivity index is 2.84. The summed E-state index contributed by atoms with van der Waals surface area (Å²) < 4.78 is 0. The molecule has 1 atom stereocenters. The molecule has 1 amide bonds. The molecule has 0 saturated carbocycles. The summed E-state index contributed by atoms with van der Waals surface area (Å²) in [6.07, 6.45) is 0.558. The highest BCUT2D eigenvalue weighted by molar-refractivity contribution is 5.87. The van der Waals surface area contributed by atoms with E-state index < -0.39 is 11.5 Å². The molecule has 1 rings (SSSR count). The van der Waals surface area contributed by atoms with Crippen LogP contribution < -0.4 is 5.32 Å². The van der Waals surface area contributed by atoms with Crippen molar-refractivity contribution in [1.29, 1.82) is 0 Å². The average molecular weight is 263 g/mol. The van der Waals surface area contributed by atoms with Gasteiger partial charge in [-0.05, 0) is 43.9 Å². The van der Waals surface area contributed by atoms with Gasteiger partial charge in [0.2, 0.25) is 5.91 Å². The molecule has 0 heterocycles. The molecule has 0 aliphatic carbocycles. The Kier molecular flexibility index (Phi) is 4.70. The smallest absolute Gasteiger partial charge is 0.329 e. The SMILES string of the molecule is CCC(C)(NC(=O)Cc1c(C)cccc1C)C(=O)O. The van der Waals surface area contributed by atoms with E-state index in [2.05, 4.69) is 5.32 Å². The first-order valence-electron chi connectivity index (χ1n) is 6.39. The molecule has 104 valence electrons. The third-order valence-corrected chi connectivity index (χ3v) is 3.58. The summed E-state index contributed by atoms with van der Waals surface area (Å²) in [6.45, 7) is 7.17. The van der Waals surface area contributed by atoms with Crippen molar-refractivity contribution in [2.24, 2.45) is 0 Å². The van der Waals surface area contributed by atoms with Gasteiger partial charge in [0.1, 0.15) is 5.54 Å². The lowest BCUT2D eigenvalue weighted by atomic mass is 9.96. The maximum absolute atomic E-state index is 12.0. The number of carbonyl (C=O) groups excluding carboxylic acids is 1. The van der Waals surface area contributed by atoms with Crippen molar-refractivity contribution in [1.82, 2.24) is 5.32 Å². The van der Waals surface area contributed by atoms with Gasteiger partial charge in [0.25, 0.3) is 0 Å². The maximum atomic E-state index is 12.0. The zero-order valence-electron chi connectivity index (χ0n) is 11.9. The Morgan fingerprint density at radius 2 is 1.79 bits per heavy atom. The summed E-state index contributed by atoms with van der Waals surface area (Å²) in [5.74, 6) is -1.27. The van der Waals surface area contributed by atoms with E-state index in [1.807, 2.05) is 32.0 Å². The maximum Gasteiger partial charge on any atom is 0.329 e. The first-order chi connectivity index (χ1) is 8.80. The highest BCUT2D eigenvalue weighted by Gasteiger charge is 2.32. The summed E-state index contributed by atoms with van der Waals surface area (Å²) in [4.78, 5) is 23.2. The average Bonchev–Trinajstić information content (AvgIpc) is 2.33. The van der Waals surface area contributed by atoms with Gasteiger partial charge in [-0.15, -0.1) is 0 Å². The lowest BCUT2D eigenvalue weighted by Crippen LogP contribution is -2.52. The van der Waals surface area contributed by atoms with Crippen LogP contribution in [0, 0.1) is 13.8 Å². The van der Waals surface area contributed by atoms with Crippen molar-refractivity contribution in [2.75, 3.05) is 0 Å². The van der Waals surface area contributed by atoms with Crippen LogP contribution >= 0.6 is 0 Å². The van der Waals surface area contributed by atoms with Crippen molar-refractivity contribution in [2.45, 2.75) is 46.1 Å². The van der Waals surface area contributed by atoms with E-state index in [9.17, 15) is 9.59 Å². The van der Waals surface area contributed by atoms with Crippen molar-refractivity contribution >= 4 is 11.9 Å². The van der Waals surface area contributed by atoms with Gasteiger partial charge in [-0.1, -0.05) is 25.1 Å². The topological polar surface area (TPSA) is 66.4 Å². The predicted octanol–water partition coefficient (Wildman–Crippen LogP) is 2.22. The lowest BCUT2D eigenvalue weighted by molar-refractivity contribution is -0.146. The van der Waals surface area contributed by atoms with Crippen LogP contribution in [0.15, 0.2) is 18.2 Å². The molecular formula is C15H21NO3. The largest absolute Gasteiger partial charge is 0.480 e. The van der Waals surface area contributed by atoms with Gasteiger partial charge in [-0.3, -0.25) is 4.79 Å². The molecule has 0 aliphatic rings. The van der Waals surface area contributed by atoms with Crippen LogP contribution in [0.3, 0.4) is 0 Å². The summed E-state index contributed by atoms with van der Waals surface area (Å²) >= 11 is 0. The van der Waals surface area contributed by atoms with Gasteiger partial charge in [0.15, 0.2) is 0 Å². The number of carbonyl (C=O) groups is 2. The number of aryl methyl sites for hydroxylation is 2. The number of rotatable bonds is 5. The number of hydrogen-bond acceptors (Lipinski definition) is 2. The van der Waals surface area contributed by atoms with E-state index in [0.29, 0.717) is 6.42 Å². The number of carboxylic acids is 1. The molecule has 2 N–H and O–H groups in total. The lowest BCUT2D eigenvalue weighted by Gasteiger charge is -2.25. The Morgan fingerprint density at radius 1 is 1.26 bits per heavy atom. The van der Waals surface area contributed by atoms with Gasteiger partial charge in [0.05, 0.1) is 6.42 Å². The van der Waals surface area contributed by atoms with Gasteiger partial charge >= 0.3 is 5.97 Å². The van der Waals surface area contributed by atoms with Crippen LogP contribution in [0.2, 0.25) is 0 Å². The molecule has 1 aromatic rings. The Morgan fingerprint density at radius 3 is 2.21 bits per heavy atom. The number of carboxylic acid groups (broad SMARTS) is 1. The van der Waals surface area contributed by atoms with E-state index in [1.165, 1.54) is 6.92 Å². The zero-order valence-corrected chi connectivity index (χ0v) is 11.9. The first kappa shape index (κ1) is 15.2. The monoisotopic (exact) mass is 263 g/mol. The number of nitrogens with one attached hydrogen (secondary N) is 1. The minimum Gasteiger partial charge on any atom is -0.480 e. The minimum atomic E-state index is -1.20. The van der Waals surface area contributed by atoms with Crippen LogP contribution in [0.25, 0.3) is 0 Å². The fourth-order valence-electron chi connectivity index (χ4n) is 1.93. The second-order valence-electron chi connectivity index (χ2n) is 5.09. The third kappa shape index (κ3) is 3.56. The second-order valence-corrected chi connectivity index (χ2v) is 5.09. The number of aliphatic carboxylic acids is 1. The van der Waals surface area contributed by atoms with Crippen LogP contribution in [0.5, 0.6) is 0 Å². The van der Waals surface area contributed by atoms with Crippen LogP contribution in [-0.4, -0.2) is 22.5 Å². The molecule has 0 saturated heterocycles. The second kappa shape index (κ2) is 5.87. The summed E-state index contributed by atoms with van der Waals surface area (Å²) in [5.41, 5.74) is 1.85. The van der Waals surface area contributed by atoms with E-state index in [0.717, 1.165) is 16.7 Å². The molecule has 0 fully saturated rings. The molecule has 0 aromatic heterocycles. The Bertz CT molecular complexity index is 476. The van der Waals surface area contributed by atoms with Gasteiger partial charge < -0.3 is 10.4 Å². The zero-order chi connectivity index (χ0) is 14.6. The van der Waals surface area contributed by atoms with E-state index >= 15 is 0 Å². The summed E-state index contributed by atoms with van der Waals surface area (Å²) in [7, 11) is 0. The fraction of sp³-hybridized carbons (Fsp3) is 0.467. The normalized spacial score (nSPS) is 13.7. The molecule has 1 unspecified atom stereocenters. The molecule has 4 nitrogen and oxygen atoms in total. The molecule has 4 heteroatoms. The Hall–Kier alpha value is -1.84. The van der Waals surface area contributed by atoms with Crippen molar-refractivity contribution in [3.8, 4) is 0 Å². The molecule has 1 aromatic carbocycles. The van der Waals surface area contributed by atoms with Gasteiger partial charge in [0, 0.05) is 0 Å². The van der Waals surface area contributed by atoms with Gasteiger partial charge in [-0.25, -0.2) is 4.79 Å². The highest BCUT2D eigenvalue weighted by Crippen LogP contribution is 2.15. The molecule has 0 aliphatic heterocycles. The first-order valence-corrected chi connectivity index (χ1v) is 6.39. The molecule has 0 bridgehead atoms. The Labute approximate surface area is 113 Å². The number of hydrogen-bond donors (Lipinski definition) is 2. The quantitative estimate of drug-likeness (QED) is 0.856. The molecule has 0 spiro atoms. The highest BCUT2D eigenvalue weighted by atomic mass is 16.4. The molecular weight excluding hydrogens is 242 g/mol. The molecule has 0 radical (unpaired) electrons. The minimum absolute atomic E-state index is 0.210. The van der Waals surface area contributed by atoms with Gasteiger partial charge in [-0.2, -0.15) is 0 Å². The van der Waals surface area contributed by atoms with Crippen LogP contribution in [-0.2, 0) is 16.0 Å². The van der Waals surface area contributed by atoms with Crippen LogP contribution in [0.4, 0.5) is 0 Å². The molecule has 19 heavy (non-hydrogen) atoms. The predicted molar refractivity (Wildman–Crippen MR) is 74.1 cm³/mol. The number of amides is 1. The van der Waals surface area contributed by atoms with Crippen molar-refractivity contribution in [3.05, 3.63) is 34.9 Å². The fourth-order valence-corrected chi connectivity index (χ4v) is 1.93. The third-order valence-electron chi connectivity index (χ3n) is 3.58. The van der Waals surface area contributed by atoms with Crippen molar-refractivity contribution < 1.29 is 14.7 Å². The van der Waals surface area contributed by atoms with Crippen LogP contribution in [0.1, 0.15) is 37.0 Å². The standard InChI is InChI=1S/C15H21NO3/c1-5-15(4,14(18)19)16-13(17)9-12-10(2)7-6-8-11(12)3/h6-8H,5,9H2,1-4H3,(H,16,17)(H,18,19). The van der Waals surface area contributed by atoms with Crippen molar-refractivity contribution in [3.63, 3.8) is 0 Å². The summed E-state index contributed by atoms with van der Waals surface area (Å²) in [6, 6.07) is 5.84. The van der Waals surface area contributed by atoms with E-state index in [1.54, 1.807) is 6.92 Å².